The first kappa shape index (κ1) is 12.7. The van der Waals surface area contributed by atoms with E-state index in [9.17, 15) is 18.7 Å². The summed E-state index contributed by atoms with van der Waals surface area (Å²) in [7, 11) is 0. The zero-order chi connectivity index (χ0) is 13.1. The third-order valence-electron chi connectivity index (χ3n) is 2.41. The monoisotopic (exact) mass is 247 g/mol. The lowest BCUT2D eigenvalue weighted by Crippen LogP contribution is -1.99. The molecule has 0 unspecified atom stereocenters. The number of carbonyl (C=O) groups excluding carboxylic acids is 1. The van der Waals surface area contributed by atoms with Crippen molar-refractivity contribution in [3.63, 3.8) is 0 Å². The van der Waals surface area contributed by atoms with Crippen LogP contribution in [-0.4, -0.2) is 10.9 Å². The molecule has 0 bridgehead atoms. The maximum Gasteiger partial charge on any atom is 0.189 e. The quantitative estimate of drug-likeness (QED) is 0.658. The first-order chi connectivity index (χ1) is 8.58. The van der Waals surface area contributed by atoms with Gasteiger partial charge < -0.3 is 5.11 Å². The molecule has 1 aromatic carbocycles. The van der Waals surface area contributed by atoms with Crippen LogP contribution in [0, 0.1) is 43.2 Å². The highest BCUT2D eigenvalue weighted by molar-refractivity contribution is 6.06. The summed E-state index contributed by atoms with van der Waals surface area (Å²) in [4.78, 5) is 11.7. The molecule has 5 radical (unpaired) electrons. The van der Waals surface area contributed by atoms with Gasteiger partial charge in [-0.15, -0.1) is 0 Å². The second-order valence-corrected chi connectivity index (χ2v) is 3.70. The van der Waals surface area contributed by atoms with E-state index < -0.39 is 28.7 Å². The van der Waals surface area contributed by atoms with Crippen LogP contribution in [0.25, 0.3) is 0 Å². The highest BCUT2D eigenvalue weighted by Crippen LogP contribution is 2.26. The standard InChI is InChI=1S/C14H9F2O2/c15-10-7-11(14(18)12(16)8-10)13(17)6-5-9-3-1-2-4-9/h1-8,18H/b6-5+. The van der Waals surface area contributed by atoms with Crippen molar-refractivity contribution in [1.29, 1.82) is 0 Å². The van der Waals surface area contributed by atoms with Gasteiger partial charge in [-0.1, -0.05) is 6.08 Å². The number of phenolic OH excluding ortho intramolecular Hbond substituents is 1. The average Bonchev–Trinajstić information content (AvgIpc) is 2.83. The van der Waals surface area contributed by atoms with Gasteiger partial charge in [-0.25, -0.2) is 8.78 Å². The molecule has 0 atom stereocenters. The fourth-order valence-electron chi connectivity index (χ4n) is 1.52. The molecule has 91 valence electrons. The number of halogens is 2. The van der Waals surface area contributed by atoms with Crippen LogP contribution in [0.15, 0.2) is 24.3 Å². The molecule has 0 heterocycles. The van der Waals surface area contributed by atoms with E-state index in [0.29, 0.717) is 6.07 Å². The third-order valence-corrected chi connectivity index (χ3v) is 2.41. The summed E-state index contributed by atoms with van der Waals surface area (Å²) in [5.74, 6) is -2.77. The SMILES string of the molecule is O=C(/C=C/[C]1[CH][CH][CH][CH]1)c1cc(F)cc(F)c1O. The Morgan fingerprint density at radius 1 is 1.17 bits per heavy atom. The lowest BCUT2D eigenvalue weighted by atomic mass is 10.0. The van der Waals surface area contributed by atoms with E-state index in [1.54, 1.807) is 25.7 Å². The average molecular weight is 247 g/mol. The van der Waals surface area contributed by atoms with E-state index in [2.05, 4.69) is 0 Å². The van der Waals surface area contributed by atoms with Crippen molar-refractivity contribution >= 4 is 5.78 Å². The number of hydrogen-bond donors (Lipinski definition) is 1. The Morgan fingerprint density at radius 3 is 2.50 bits per heavy atom. The molecule has 1 saturated carbocycles. The zero-order valence-corrected chi connectivity index (χ0v) is 9.23. The van der Waals surface area contributed by atoms with Gasteiger partial charge in [0, 0.05) is 12.0 Å². The molecule has 4 heteroatoms. The molecular weight excluding hydrogens is 238 g/mol. The Labute approximate surface area is 104 Å². The minimum atomic E-state index is -1.15. The first-order valence-corrected chi connectivity index (χ1v) is 5.20. The second-order valence-electron chi connectivity index (χ2n) is 3.70. The summed E-state index contributed by atoms with van der Waals surface area (Å²) < 4.78 is 26.0. The summed E-state index contributed by atoms with van der Waals surface area (Å²) in [5, 5.41) is 9.35. The van der Waals surface area contributed by atoms with Crippen molar-refractivity contribution in [2.75, 3.05) is 0 Å². The van der Waals surface area contributed by atoms with Gasteiger partial charge in [-0.2, -0.15) is 0 Å². The van der Waals surface area contributed by atoms with Gasteiger partial charge in [-0.3, -0.25) is 4.79 Å². The van der Waals surface area contributed by atoms with Crippen molar-refractivity contribution in [2.45, 2.75) is 0 Å². The van der Waals surface area contributed by atoms with Crippen LogP contribution >= 0.6 is 0 Å². The van der Waals surface area contributed by atoms with E-state index in [4.69, 9.17) is 0 Å². The molecule has 1 aliphatic carbocycles. The van der Waals surface area contributed by atoms with Crippen LogP contribution in [0.5, 0.6) is 5.75 Å². The van der Waals surface area contributed by atoms with Gasteiger partial charge in [0.2, 0.25) is 0 Å². The molecule has 1 fully saturated rings. The molecule has 2 rings (SSSR count). The Hall–Kier alpha value is -1.71. The number of hydrogen-bond acceptors (Lipinski definition) is 2. The minimum Gasteiger partial charge on any atom is -0.504 e. The molecule has 1 aliphatic rings. The smallest absolute Gasteiger partial charge is 0.189 e. The maximum atomic E-state index is 13.0. The van der Waals surface area contributed by atoms with Crippen molar-refractivity contribution in [3.8, 4) is 5.75 Å². The Morgan fingerprint density at radius 2 is 1.83 bits per heavy atom. The molecule has 0 saturated heterocycles. The van der Waals surface area contributed by atoms with Gasteiger partial charge in [0.1, 0.15) is 5.82 Å². The Bertz CT molecular complexity index is 489. The number of aromatic hydroxyl groups is 1. The summed E-state index contributed by atoms with van der Waals surface area (Å²) in [6.07, 6.45) is 9.80. The number of rotatable bonds is 3. The van der Waals surface area contributed by atoms with E-state index >= 15 is 0 Å². The van der Waals surface area contributed by atoms with Crippen LogP contribution in [0.1, 0.15) is 10.4 Å². The molecule has 1 N–H and O–H groups in total. The topological polar surface area (TPSA) is 37.3 Å². The van der Waals surface area contributed by atoms with Crippen LogP contribution in [0.3, 0.4) is 0 Å². The summed E-state index contributed by atoms with van der Waals surface area (Å²) >= 11 is 0. The van der Waals surface area contributed by atoms with Gasteiger partial charge in [0.15, 0.2) is 17.3 Å². The molecule has 0 aliphatic heterocycles. The Balaban J connectivity index is 2.18. The molecule has 1 aromatic rings. The molecule has 0 aromatic heterocycles. The Kier molecular flexibility index (Phi) is 3.75. The van der Waals surface area contributed by atoms with Crippen molar-refractivity contribution < 1.29 is 18.7 Å². The summed E-state index contributed by atoms with van der Waals surface area (Å²) in [6, 6.07) is 1.32. The largest absolute Gasteiger partial charge is 0.504 e. The van der Waals surface area contributed by atoms with Crippen LogP contribution in [-0.2, 0) is 0 Å². The first-order valence-electron chi connectivity index (χ1n) is 5.20. The fraction of sp³-hybridized carbons (Fsp3) is 0. The van der Waals surface area contributed by atoms with Crippen LogP contribution < -0.4 is 0 Å². The van der Waals surface area contributed by atoms with Crippen molar-refractivity contribution in [1.82, 2.24) is 0 Å². The number of allylic oxidation sites excluding steroid dienone is 2. The highest BCUT2D eigenvalue weighted by atomic mass is 19.1. The third kappa shape index (κ3) is 2.75. The van der Waals surface area contributed by atoms with Gasteiger partial charge in [-0.05, 0) is 37.8 Å². The van der Waals surface area contributed by atoms with E-state index in [1.807, 2.05) is 0 Å². The predicted molar refractivity (Wildman–Crippen MR) is 61.9 cm³/mol. The number of ketones is 1. The molecule has 18 heavy (non-hydrogen) atoms. The van der Waals surface area contributed by atoms with E-state index in [0.717, 1.165) is 18.1 Å². The molecule has 0 amide bonds. The lowest BCUT2D eigenvalue weighted by Gasteiger charge is -2.03. The zero-order valence-electron chi connectivity index (χ0n) is 9.23. The summed E-state index contributed by atoms with van der Waals surface area (Å²) in [6.45, 7) is 0. The van der Waals surface area contributed by atoms with Gasteiger partial charge in [0.25, 0.3) is 0 Å². The fourth-order valence-corrected chi connectivity index (χ4v) is 1.52. The van der Waals surface area contributed by atoms with Crippen LogP contribution in [0.2, 0.25) is 0 Å². The number of phenols is 1. The lowest BCUT2D eigenvalue weighted by molar-refractivity contribution is 0.104. The van der Waals surface area contributed by atoms with Crippen LogP contribution in [0.4, 0.5) is 8.78 Å². The molecular formula is C14H9F2O2. The minimum absolute atomic E-state index is 0.393. The molecule has 2 nitrogen and oxygen atoms in total. The maximum absolute atomic E-state index is 13.0. The van der Waals surface area contributed by atoms with E-state index in [1.165, 1.54) is 6.08 Å². The molecule has 0 spiro atoms. The summed E-state index contributed by atoms with van der Waals surface area (Å²) in [5.41, 5.74) is -0.393. The number of benzene rings is 1. The second kappa shape index (κ2) is 5.29. The number of carbonyl (C=O) groups is 1. The van der Waals surface area contributed by atoms with Crippen molar-refractivity contribution in [3.05, 3.63) is 73.1 Å². The normalized spacial score (nSPS) is 16.6. The predicted octanol–water partition coefficient (Wildman–Crippen LogP) is 2.81. The van der Waals surface area contributed by atoms with E-state index in [-0.39, 0.29) is 0 Å². The van der Waals surface area contributed by atoms with Gasteiger partial charge >= 0.3 is 0 Å². The highest BCUT2D eigenvalue weighted by Gasteiger charge is 2.17. The van der Waals surface area contributed by atoms with Crippen molar-refractivity contribution in [2.24, 2.45) is 0 Å². The van der Waals surface area contributed by atoms with Gasteiger partial charge in [0.05, 0.1) is 5.56 Å².